The number of benzene rings is 1. The van der Waals surface area contributed by atoms with Crippen LogP contribution in [0.1, 0.15) is 24.5 Å². The van der Waals surface area contributed by atoms with E-state index in [0.29, 0.717) is 12.6 Å². The van der Waals surface area contributed by atoms with Crippen LogP contribution in [0.5, 0.6) is 0 Å². The Kier molecular flexibility index (Phi) is 5.22. The minimum absolute atomic E-state index is 0.0203. The molecule has 0 aliphatic rings. The lowest BCUT2D eigenvalue weighted by molar-refractivity contribution is -0.137. The lowest BCUT2D eigenvalue weighted by atomic mass is 10.1. The molecule has 110 valence electrons. The molecule has 0 N–H and O–H groups in total. The van der Waals surface area contributed by atoms with Gasteiger partial charge in [-0.2, -0.15) is 23.2 Å². The Morgan fingerprint density at radius 3 is 2.67 bits per heavy atom. The number of anilines is 1. The van der Waals surface area contributed by atoms with Crippen LogP contribution < -0.4 is 4.90 Å². The summed E-state index contributed by atoms with van der Waals surface area (Å²) >= 11 is 0. The van der Waals surface area contributed by atoms with Crippen molar-refractivity contribution < 1.29 is 22.8 Å². The maximum absolute atomic E-state index is 12.9. The van der Waals surface area contributed by atoms with E-state index >= 15 is 0 Å². The van der Waals surface area contributed by atoms with Gasteiger partial charge >= 0.3 is 18.3 Å². The molecule has 0 radical (unpaired) electrons. The molecule has 0 aromatic heterocycles. The third-order valence-corrected chi connectivity index (χ3v) is 2.62. The molecule has 0 saturated heterocycles. The van der Waals surface area contributed by atoms with Crippen molar-refractivity contribution in [2.45, 2.75) is 19.5 Å². The van der Waals surface area contributed by atoms with Crippen molar-refractivity contribution >= 4 is 17.8 Å². The number of hydrogen-bond donors (Lipinski definition) is 0. The van der Waals surface area contributed by atoms with Crippen molar-refractivity contribution in [2.75, 3.05) is 11.4 Å². The monoisotopic (exact) mass is 296 g/mol. The van der Waals surface area contributed by atoms with Gasteiger partial charge in [0.05, 0.1) is 17.2 Å². The molecule has 0 aliphatic carbocycles. The molecule has 0 saturated carbocycles. The van der Waals surface area contributed by atoms with Crippen LogP contribution in [0.25, 0.3) is 5.53 Å². The van der Waals surface area contributed by atoms with Gasteiger partial charge < -0.3 is 10.4 Å². The van der Waals surface area contributed by atoms with Crippen molar-refractivity contribution in [3.63, 3.8) is 0 Å². The molecule has 0 aliphatic heterocycles. The Morgan fingerprint density at radius 2 is 2.19 bits per heavy atom. The molecular weight excluding hydrogens is 285 g/mol. The minimum Gasteiger partial charge on any atom is -0.361 e. The fourth-order valence-corrected chi connectivity index (χ4v) is 1.74. The van der Waals surface area contributed by atoms with E-state index in [-0.39, 0.29) is 12.2 Å². The quantitative estimate of drug-likeness (QED) is 0.486. The summed E-state index contributed by atoms with van der Waals surface area (Å²) in [5, 5.41) is 8.72. The van der Waals surface area contributed by atoms with Crippen molar-refractivity contribution in [3.05, 3.63) is 34.9 Å². The summed E-state index contributed by atoms with van der Waals surface area (Å²) in [5.74, 6) is -0.753. The van der Waals surface area contributed by atoms with Crippen LogP contribution >= 0.6 is 0 Å². The molecule has 0 heterocycles. The third kappa shape index (κ3) is 3.91. The number of amides is 1. The highest BCUT2D eigenvalue weighted by atomic mass is 19.4. The number of halogens is 3. The highest BCUT2D eigenvalue weighted by Crippen LogP contribution is 2.34. The molecule has 0 fully saturated rings. The Labute approximate surface area is 118 Å². The number of nitriles is 1. The molecule has 1 aromatic carbocycles. The molecule has 0 spiro atoms. The van der Waals surface area contributed by atoms with Gasteiger partial charge in [-0.25, -0.2) is 0 Å². The fourth-order valence-electron chi connectivity index (χ4n) is 1.74. The van der Waals surface area contributed by atoms with Gasteiger partial charge in [0.15, 0.2) is 0 Å². The van der Waals surface area contributed by atoms with E-state index in [2.05, 4.69) is 4.79 Å². The van der Waals surface area contributed by atoms with Crippen LogP contribution in [-0.4, -0.2) is 23.5 Å². The van der Waals surface area contributed by atoms with Crippen LogP contribution in [-0.2, 0) is 11.0 Å². The van der Waals surface area contributed by atoms with E-state index in [0.717, 1.165) is 17.0 Å². The molecule has 1 rings (SSSR count). The lowest BCUT2D eigenvalue weighted by Crippen LogP contribution is -2.33. The van der Waals surface area contributed by atoms with Gasteiger partial charge in [0.2, 0.25) is 0 Å². The first-order chi connectivity index (χ1) is 9.85. The Balaban J connectivity index is 3.37. The lowest BCUT2D eigenvalue weighted by Gasteiger charge is -2.20. The van der Waals surface area contributed by atoms with E-state index < -0.39 is 23.2 Å². The second-order valence-corrected chi connectivity index (χ2v) is 4.07. The van der Waals surface area contributed by atoms with E-state index in [9.17, 15) is 18.0 Å². The first-order valence-corrected chi connectivity index (χ1v) is 5.95. The molecule has 0 atom stereocenters. The van der Waals surface area contributed by atoms with Crippen molar-refractivity contribution in [1.29, 1.82) is 5.26 Å². The van der Waals surface area contributed by atoms with Crippen LogP contribution in [0.2, 0.25) is 0 Å². The Morgan fingerprint density at radius 1 is 1.52 bits per heavy atom. The first-order valence-electron chi connectivity index (χ1n) is 5.95. The molecule has 1 aromatic rings. The summed E-state index contributed by atoms with van der Waals surface area (Å²) < 4.78 is 38.7. The zero-order valence-electron chi connectivity index (χ0n) is 11.1. The predicted molar refractivity (Wildman–Crippen MR) is 68.5 cm³/mol. The van der Waals surface area contributed by atoms with Gasteiger partial charge in [-0.15, -0.1) is 0 Å². The summed E-state index contributed by atoms with van der Waals surface area (Å²) in [7, 11) is 0. The molecule has 0 bridgehead atoms. The SMILES string of the molecule is CCCN(C(=O)C=[N+]=[N-])c1ccc(C#N)c(C(F)(F)F)c1. The Bertz CT molecular complexity index is 627. The van der Waals surface area contributed by atoms with Gasteiger partial charge in [-0.1, -0.05) is 6.92 Å². The van der Waals surface area contributed by atoms with Gasteiger partial charge in [0.1, 0.15) is 0 Å². The number of carbonyl (C=O) groups is 1. The van der Waals surface area contributed by atoms with Gasteiger partial charge in [0.25, 0.3) is 0 Å². The van der Waals surface area contributed by atoms with Gasteiger partial charge in [0, 0.05) is 12.2 Å². The normalized spacial score (nSPS) is 10.4. The maximum Gasteiger partial charge on any atom is 0.417 e. The van der Waals surface area contributed by atoms with E-state index in [4.69, 9.17) is 10.8 Å². The number of alkyl halides is 3. The second-order valence-electron chi connectivity index (χ2n) is 4.07. The summed E-state index contributed by atoms with van der Waals surface area (Å²) in [4.78, 5) is 15.3. The predicted octanol–water partition coefficient (Wildman–Crippen LogP) is 2.62. The van der Waals surface area contributed by atoms with E-state index in [1.807, 2.05) is 0 Å². The molecule has 0 unspecified atom stereocenters. The third-order valence-electron chi connectivity index (χ3n) is 2.62. The average Bonchev–Trinajstić information content (AvgIpc) is 2.43. The summed E-state index contributed by atoms with van der Waals surface area (Å²) in [6, 6.07) is 4.45. The standard InChI is InChI=1S/C13H11F3N4O/c1-2-5-20(12(21)8-19-18)10-4-3-9(7-17)11(6-10)13(14,15)16/h3-4,6,8H,2,5H2,1H3. The highest BCUT2D eigenvalue weighted by molar-refractivity contribution is 6.30. The second kappa shape index (κ2) is 6.68. The van der Waals surface area contributed by atoms with E-state index in [1.54, 1.807) is 6.92 Å². The highest BCUT2D eigenvalue weighted by Gasteiger charge is 2.34. The first kappa shape index (κ1) is 16.4. The molecule has 21 heavy (non-hydrogen) atoms. The number of carbonyl (C=O) groups excluding carboxylic acids is 1. The van der Waals surface area contributed by atoms with Crippen LogP contribution in [0, 0.1) is 11.3 Å². The zero-order chi connectivity index (χ0) is 16.0. The fraction of sp³-hybridized carbons (Fsp3) is 0.308. The van der Waals surface area contributed by atoms with Crippen molar-refractivity contribution in [2.24, 2.45) is 0 Å². The zero-order valence-corrected chi connectivity index (χ0v) is 11.1. The molecule has 1 amide bonds. The summed E-state index contributed by atoms with van der Waals surface area (Å²) in [6.07, 6.45) is -3.61. The maximum atomic E-state index is 12.9. The molecular formula is C13H11F3N4O. The molecule has 8 heteroatoms. The minimum atomic E-state index is -4.70. The van der Waals surface area contributed by atoms with Crippen LogP contribution in [0.4, 0.5) is 18.9 Å². The topological polar surface area (TPSA) is 80.5 Å². The Hall–Kier alpha value is -2.65. The van der Waals surface area contributed by atoms with Crippen LogP contribution in [0.15, 0.2) is 18.2 Å². The number of rotatable bonds is 4. The largest absolute Gasteiger partial charge is 0.417 e. The number of nitrogens with zero attached hydrogens (tertiary/aromatic N) is 4. The smallest absolute Gasteiger partial charge is 0.361 e. The average molecular weight is 296 g/mol. The van der Waals surface area contributed by atoms with Gasteiger partial charge in [-0.3, -0.25) is 4.79 Å². The van der Waals surface area contributed by atoms with Crippen molar-refractivity contribution in [1.82, 2.24) is 0 Å². The van der Waals surface area contributed by atoms with E-state index in [1.165, 1.54) is 12.1 Å². The summed E-state index contributed by atoms with van der Waals surface area (Å²) in [5.41, 5.74) is 6.71. The van der Waals surface area contributed by atoms with Crippen molar-refractivity contribution in [3.8, 4) is 6.07 Å². The number of hydrogen-bond acceptors (Lipinski definition) is 2. The van der Waals surface area contributed by atoms with Gasteiger partial charge in [-0.05, 0) is 24.6 Å². The molecule has 5 nitrogen and oxygen atoms in total. The summed E-state index contributed by atoms with van der Waals surface area (Å²) in [6.45, 7) is 1.89. The van der Waals surface area contributed by atoms with Crippen LogP contribution in [0.3, 0.4) is 0 Å².